The molecule has 1 atom stereocenters. The number of amides is 1. The van der Waals surface area contributed by atoms with Crippen molar-refractivity contribution < 1.29 is 4.79 Å². The molecule has 1 saturated heterocycles. The van der Waals surface area contributed by atoms with Crippen molar-refractivity contribution in [2.45, 2.75) is 13.0 Å². The molecule has 2 aromatic rings. The van der Waals surface area contributed by atoms with E-state index in [0.717, 1.165) is 24.1 Å². The van der Waals surface area contributed by atoms with Gasteiger partial charge >= 0.3 is 5.69 Å². The molecule has 1 aliphatic rings. The number of carbonyl (C=O) groups is 1. The predicted molar refractivity (Wildman–Crippen MR) is 95.7 cm³/mol. The van der Waals surface area contributed by atoms with Crippen molar-refractivity contribution in [1.82, 2.24) is 14.5 Å². The van der Waals surface area contributed by atoms with Crippen LogP contribution in [0.4, 0.5) is 5.69 Å². The van der Waals surface area contributed by atoms with Gasteiger partial charge in [0.1, 0.15) is 6.54 Å². The average Bonchev–Trinajstić information content (AvgIpc) is 3.10. The van der Waals surface area contributed by atoms with Crippen LogP contribution in [0.1, 0.15) is 6.42 Å². The third kappa shape index (κ3) is 3.99. The molecule has 1 aliphatic heterocycles. The second kappa shape index (κ2) is 7.38. The van der Waals surface area contributed by atoms with Gasteiger partial charge in [0.05, 0.1) is 0 Å². The zero-order chi connectivity index (χ0) is 17.8. The van der Waals surface area contributed by atoms with E-state index in [2.05, 4.69) is 22.3 Å². The van der Waals surface area contributed by atoms with Crippen LogP contribution in [0.15, 0.2) is 52.2 Å². The van der Waals surface area contributed by atoms with Crippen LogP contribution in [0, 0.1) is 5.92 Å². The number of aromatic nitrogens is 2. The van der Waals surface area contributed by atoms with Crippen molar-refractivity contribution in [2.24, 2.45) is 13.0 Å². The van der Waals surface area contributed by atoms with Gasteiger partial charge in [-0.3, -0.25) is 18.7 Å². The van der Waals surface area contributed by atoms with Crippen molar-refractivity contribution in [3.63, 3.8) is 0 Å². The molecule has 0 bridgehead atoms. The molecule has 1 amide bonds. The number of benzene rings is 1. The molecule has 132 valence electrons. The van der Waals surface area contributed by atoms with Crippen LogP contribution in [0.5, 0.6) is 0 Å². The van der Waals surface area contributed by atoms with Crippen LogP contribution < -0.4 is 21.5 Å². The highest BCUT2D eigenvalue weighted by molar-refractivity contribution is 5.75. The molecule has 1 aromatic carbocycles. The number of carbonyl (C=O) groups excluding carboxylic acids is 1. The van der Waals surface area contributed by atoms with Gasteiger partial charge in [0.25, 0.3) is 5.56 Å². The number of rotatable bonds is 5. The van der Waals surface area contributed by atoms with Crippen molar-refractivity contribution in [1.29, 1.82) is 0 Å². The van der Waals surface area contributed by atoms with Crippen molar-refractivity contribution >= 4 is 11.6 Å². The fourth-order valence-corrected chi connectivity index (χ4v) is 3.08. The largest absolute Gasteiger partial charge is 0.371 e. The van der Waals surface area contributed by atoms with Gasteiger partial charge in [0.15, 0.2) is 0 Å². The Kier molecular flexibility index (Phi) is 5.02. The summed E-state index contributed by atoms with van der Waals surface area (Å²) in [4.78, 5) is 37.7. The van der Waals surface area contributed by atoms with Gasteiger partial charge in [0.2, 0.25) is 5.91 Å². The van der Waals surface area contributed by atoms with E-state index in [1.165, 1.54) is 29.6 Å². The molecule has 0 spiro atoms. The lowest BCUT2D eigenvalue weighted by molar-refractivity contribution is -0.121. The molecule has 0 aliphatic carbocycles. The lowest BCUT2D eigenvalue weighted by Gasteiger charge is -2.18. The van der Waals surface area contributed by atoms with E-state index in [9.17, 15) is 14.4 Å². The molecule has 0 unspecified atom stereocenters. The van der Waals surface area contributed by atoms with E-state index in [4.69, 9.17) is 0 Å². The van der Waals surface area contributed by atoms with Crippen LogP contribution in [0.3, 0.4) is 0 Å². The summed E-state index contributed by atoms with van der Waals surface area (Å²) in [6.45, 7) is 2.39. The monoisotopic (exact) mass is 342 g/mol. The third-order valence-electron chi connectivity index (χ3n) is 4.57. The second-order valence-electron chi connectivity index (χ2n) is 6.36. The first kappa shape index (κ1) is 17.0. The number of hydrogen-bond donors (Lipinski definition) is 1. The van der Waals surface area contributed by atoms with Crippen LogP contribution in [-0.2, 0) is 18.4 Å². The van der Waals surface area contributed by atoms with Gasteiger partial charge in [-0.2, -0.15) is 0 Å². The molecule has 1 N–H and O–H groups in total. The van der Waals surface area contributed by atoms with Crippen LogP contribution in [0.25, 0.3) is 0 Å². The SMILES string of the molecule is Cn1c(=O)ccn(CC(=O)NC[C@H]2CCN(c3ccccc3)C2)c1=O. The van der Waals surface area contributed by atoms with Gasteiger partial charge in [-0.1, -0.05) is 18.2 Å². The molecule has 0 saturated carbocycles. The van der Waals surface area contributed by atoms with Gasteiger partial charge in [0, 0.05) is 44.6 Å². The normalized spacial score (nSPS) is 16.8. The van der Waals surface area contributed by atoms with Gasteiger partial charge in [-0.05, 0) is 24.5 Å². The van der Waals surface area contributed by atoms with Crippen LogP contribution >= 0.6 is 0 Å². The quantitative estimate of drug-likeness (QED) is 0.842. The first-order valence-corrected chi connectivity index (χ1v) is 8.38. The predicted octanol–water partition coefficient (Wildman–Crippen LogP) is 0.190. The Hall–Kier alpha value is -2.83. The number of hydrogen-bond acceptors (Lipinski definition) is 4. The Morgan fingerprint density at radius 2 is 1.96 bits per heavy atom. The summed E-state index contributed by atoms with van der Waals surface area (Å²) in [6.07, 6.45) is 2.38. The van der Waals surface area contributed by atoms with Crippen LogP contribution in [0.2, 0.25) is 0 Å². The van der Waals surface area contributed by atoms with Gasteiger partial charge < -0.3 is 10.2 Å². The minimum atomic E-state index is -0.487. The molecule has 2 heterocycles. The zero-order valence-electron chi connectivity index (χ0n) is 14.2. The minimum Gasteiger partial charge on any atom is -0.371 e. The summed E-state index contributed by atoms with van der Waals surface area (Å²) in [5.74, 6) is 0.167. The maximum absolute atomic E-state index is 12.1. The summed E-state index contributed by atoms with van der Waals surface area (Å²) in [7, 11) is 1.40. The Labute approximate surface area is 145 Å². The molecule has 7 heteroatoms. The minimum absolute atomic E-state index is 0.0813. The second-order valence-corrected chi connectivity index (χ2v) is 6.36. The van der Waals surface area contributed by atoms with Crippen molar-refractivity contribution in [3.8, 4) is 0 Å². The standard InChI is InChI=1S/C18H22N4O3/c1-20-17(24)8-10-22(18(20)25)13-16(23)19-11-14-7-9-21(12-14)15-5-3-2-4-6-15/h2-6,8,10,14H,7,9,11-13H2,1H3,(H,19,23)/t14-/m1/s1. The third-order valence-corrected chi connectivity index (χ3v) is 4.57. The van der Waals surface area contributed by atoms with Gasteiger partial charge in [-0.15, -0.1) is 0 Å². The topological polar surface area (TPSA) is 76.3 Å². The number of nitrogens with one attached hydrogen (secondary N) is 1. The number of anilines is 1. The van der Waals surface area contributed by atoms with Gasteiger partial charge in [-0.25, -0.2) is 4.79 Å². The smallest absolute Gasteiger partial charge is 0.331 e. The van der Waals surface area contributed by atoms with E-state index < -0.39 is 5.69 Å². The van der Waals surface area contributed by atoms with E-state index in [1.807, 2.05) is 18.2 Å². The average molecular weight is 342 g/mol. The Balaban J connectivity index is 1.51. The molecule has 25 heavy (non-hydrogen) atoms. The molecule has 0 radical (unpaired) electrons. The van der Waals surface area contributed by atoms with E-state index in [0.29, 0.717) is 12.5 Å². The summed E-state index contributed by atoms with van der Waals surface area (Å²) in [5, 5.41) is 2.89. The first-order chi connectivity index (χ1) is 12.0. The Morgan fingerprint density at radius 1 is 1.20 bits per heavy atom. The number of nitrogens with zero attached hydrogens (tertiary/aromatic N) is 3. The summed E-state index contributed by atoms with van der Waals surface area (Å²) < 4.78 is 2.23. The maximum Gasteiger partial charge on any atom is 0.331 e. The molecule has 1 aromatic heterocycles. The molecular formula is C18H22N4O3. The van der Waals surface area contributed by atoms with E-state index in [-0.39, 0.29) is 18.0 Å². The van der Waals surface area contributed by atoms with E-state index >= 15 is 0 Å². The Bertz CT molecular complexity index is 857. The molecule has 1 fully saturated rings. The molecular weight excluding hydrogens is 320 g/mol. The maximum atomic E-state index is 12.1. The fourth-order valence-electron chi connectivity index (χ4n) is 3.08. The Morgan fingerprint density at radius 3 is 2.72 bits per heavy atom. The highest BCUT2D eigenvalue weighted by Crippen LogP contribution is 2.22. The highest BCUT2D eigenvalue weighted by Gasteiger charge is 2.23. The summed E-state index contributed by atoms with van der Waals surface area (Å²) in [5.41, 5.74) is 0.334. The summed E-state index contributed by atoms with van der Waals surface area (Å²) in [6, 6.07) is 11.5. The highest BCUT2D eigenvalue weighted by atomic mass is 16.2. The first-order valence-electron chi connectivity index (χ1n) is 8.38. The van der Waals surface area contributed by atoms with E-state index in [1.54, 1.807) is 0 Å². The zero-order valence-corrected chi connectivity index (χ0v) is 14.2. The molecule has 3 rings (SSSR count). The van der Waals surface area contributed by atoms with Crippen molar-refractivity contribution in [3.05, 3.63) is 63.4 Å². The van der Waals surface area contributed by atoms with Crippen molar-refractivity contribution in [2.75, 3.05) is 24.5 Å². The molecule has 7 nitrogen and oxygen atoms in total. The fraction of sp³-hybridized carbons (Fsp3) is 0.389. The van der Waals surface area contributed by atoms with Crippen LogP contribution in [-0.4, -0.2) is 34.7 Å². The summed E-state index contributed by atoms with van der Waals surface area (Å²) >= 11 is 0. The lowest BCUT2D eigenvalue weighted by atomic mass is 10.1. The lowest BCUT2D eigenvalue weighted by Crippen LogP contribution is -2.41. The number of para-hydroxylation sites is 1.